The second-order valence-corrected chi connectivity index (χ2v) is 9.07. The molecule has 2 N–H and O–H groups in total. The molecular formula is C22H27Cl2N3O5. The zero-order valence-electron chi connectivity index (χ0n) is 17.9. The number of benzene rings is 1. The van der Waals surface area contributed by atoms with Crippen molar-refractivity contribution in [1.29, 1.82) is 0 Å². The topological polar surface area (TPSA) is 105 Å². The molecule has 0 aromatic heterocycles. The highest BCUT2D eigenvalue weighted by atomic mass is 35.5. The third kappa shape index (κ3) is 5.53. The van der Waals surface area contributed by atoms with Crippen LogP contribution in [0.15, 0.2) is 18.2 Å². The van der Waals surface area contributed by atoms with Gasteiger partial charge in [-0.1, -0.05) is 55.5 Å². The average molecular weight is 484 g/mol. The first-order valence-corrected chi connectivity index (χ1v) is 11.5. The second-order valence-electron chi connectivity index (χ2n) is 8.23. The number of nitrogens with zero attached hydrogens (tertiary/aromatic N) is 1. The van der Waals surface area contributed by atoms with Gasteiger partial charge < -0.3 is 15.4 Å². The van der Waals surface area contributed by atoms with Crippen molar-refractivity contribution in [2.75, 3.05) is 19.7 Å². The highest BCUT2D eigenvalue weighted by Gasteiger charge is 2.52. The van der Waals surface area contributed by atoms with Crippen molar-refractivity contribution >= 4 is 47.0 Å². The minimum atomic E-state index is -0.883. The predicted molar refractivity (Wildman–Crippen MR) is 120 cm³/mol. The summed E-state index contributed by atoms with van der Waals surface area (Å²) in [7, 11) is 0. The van der Waals surface area contributed by atoms with E-state index in [0.717, 1.165) is 36.1 Å². The van der Waals surface area contributed by atoms with Gasteiger partial charge in [-0.15, -0.1) is 0 Å². The number of amides is 4. The Morgan fingerprint density at radius 2 is 1.97 bits per heavy atom. The number of imide groups is 1. The molecule has 1 saturated heterocycles. The molecule has 1 heterocycles. The molecule has 1 atom stereocenters. The summed E-state index contributed by atoms with van der Waals surface area (Å²) in [5.41, 5.74) is 0.000932. The number of hydrogen-bond donors (Lipinski definition) is 2. The molecule has 3 rings (SSSR count). The fourth-order valence-electron chi connectivity index (χ4n) is 4.29. The zero-order valence-corrected chi connectivity index (χ0v) is 19.4. The Kier molecular flexibility index (Phi) is 8.00. The van der Waals surface area contributed by atoms with Gasteiger partial charge in [-0.05, 0) is 37.0 Å². The average Bonchev–Trinajstić information content (AvgIpc) is 3.30. The lowest BCUT2D eigenvalue weighted by molar-refractivity contribution is -0.151. The minimum Gasteiger partial charge on any atom is -0.454 e. The van der Waals surface area contributed by atoms with Crippen LogP contribution in [0.5, 0.6) is 0 Å². The maximum absolute atomic E-state index is 12.6. The monoisotopic (exact) mass is 483 g/mol. The van der Waals surface area contributed by atoms with Crippen molar-refractivity contribution in [2.45, 2.75) is 56.9 Å². The van der Waals surface area contributed by atoms with Gasteiger partial charge in [0.25, 0.3) is 11.8 Å². The molecule has 1 aromatic carbocycles. The molecule has 2 aliphatic rings. The number of urea groups is 1. The molecule has 1 unspecified atom stereocenters. The van der Waals surface area contributed by atoms with E-state index < -0.39 is 42.5 Å². The van der Waals surface area contributed by atoms with Gasteiger partial charge >= 0.3 is 12.0 Å². The van der Waals surface area contributed by atoms with Crippen LogP contribution in [0, 0.1) is 0 Å². The van der Waals surface area contributed by atoms with Gasteiger partial charge in [0.05, 0.1) is 0 Å². The van der Waals surface area contributed by atoms with Crippen LogP contribution >= 0.6 is 23.2 Å². The number of ether oxygens (including phenoxy) is 1. The van der Waals surface area contributed by atoms with E-state index in [1.807, 2.05) is 13.0 Å². The van der Waals surface area contributed by atoms with Crippen molar-refractivity contribution in [3.63, 3.8) is 0 Å². The number of carbonyl (C=O) groups is 4. The van der Waals surface area contributed by atoms with Crippen LogP contribution in [-0.2, 0) is 19.1 Å². The first-order valence-electron chi connectivity index (χ1n) is 10.8. The van der Waals surface area contributed by atoms with E-state index in [1.165, 1.54) is 0 Å². The molecule has 8 nitrogen and oxygen atoms in total. The molecule has 32 heavy (non-hydrogen) atoms. The van der Waals surface area contributed by atoms with E-state index in [-0.39, 0.29) is 5.92 Å². The number of carbonyl (C=O) groups excluding carboxylic acids is 4. The number of esters is 1. The number of halogens is 2. The molecule has 2 fully saturated rings. The van der Waals surface area contributed by atoms with Gasteiger partial charge in [-0.2, -0.15) is 0 Å². The van der Waals surface area contributed by atoms with Gasteiger partial charge in [0.1, 0.15) is 12.1 Å². The summed E-state index contributed by atoms with van der Waals surface area (Å²) in [5, 5.41) is 6.51. The Hall–Kier alpha value is -2.32. The van der Waals surface area contributed by atoms with Crippen LogP contribution in [0.3, 0.4) is 0 Å². The number of rotatable bonds is 9. The van der Waals surface area contributed by atoms with E-state index >= 15 is 0 Å². The lowest BCUT2D eigenvalue weighted by Gasteiger charge is -2.20. The van der Waals surface area contributed by atoms with Crippen LogP contribution < -0.4 is 10.6 Å². The Bertz CT molecular complexity index is 902. The maximum atomic E-state index is 12.6. The van der Waals surface area contributed by atoms with E-state index in [4.69, 9.17) is 27.9 Å². The standard InChI is InChI=1S/C22H27Cl2N3O5/c1-2-5-14(16-7-6-15(23)10-17(16)24)11-25-18(28)13-32-19(29)12-27-20(30)22(26-21(27)31)8-3-4-9-22/h6-7,10,14H,2-5,8-9,11-13H2,1H3,(H,25,28)(H,26,31). The van der Waals surface area contributed by atoms with E-state index in [9.17, 15) is 19.2 Å². The van der Waals surface area contributed by atoms with Crippen molar-refractivity contribution in [3.05, 3.63) is 33.8 Å². The van der Waals surface area contributed by atoms with Crippen molar-refractivity contribution in [2.24, 2.45) is 0 Å². The Labute approximate surface area is 196 Å². The van der Waals surface area contributed by atoms with Crippen LogP contribution in [0.4, 0.5) is 4.79 Å². The fraction of sp³-hybridized carbons (Fsp3) is 0.545. The van der Waals surface area contributed by atoms with Crippen molar-refractivity contribution in [1.82, 2.24) is 15.5 Å². The van der Waals surface area contributed by atoms with Crippen molar-refractivity contribution in [3.8, 4) is 0 Å². The predicted octanol–water partition coefficient (Wildman–Crippen LogP) is 3.40. The van der Waals surface area contributed by atoms with Gasteiger partial charge in [-0.25, -0.2) is 4.79 Å². The Balaban J connectivity index is 1.47. The molecule has 4 amide bonds. The molecule has 0 radical (unpaired) electrons. The van der Waals surface area contributed by atoms with Gasteiger partial charge in [0, 0.05) is 22.5 Å². The molecule has 174 valence electrons. The zero-order chi connectivity index (χ0) is 23.3. The quantitative estimate of drug-likeness (QED) is 0.413. The largest absolute Gasteiger partial charge is 0.454 e. The Morgan fingerprint density at radius 3 is 2.62 bits per heavy atom. The van der Waals surface area contributed by atoms with Gasteiger partial charge in [0.2, 0.25) is 0 Å². The Morgan fingerprint density at radius 1 is 1.25 bits per heavy atom. The summed E-state index contributed by atoms with van der Waals surface area (Å²) in [6.07, 6.45) is 4.54. The molecule has 1 spiro atoms. The minimum absolute atomic E-state index is 0.0158. The third-order valence-electron chi connectivity index (χ3n) is 5.94. The number of nitrogens with one attached hydrogen (secondary N) is 2. The van der Waals surface area contributed by atoms with E-state index in [2.05, 4.69) is 10.6 Å². The molecular weight excluding hydrogens is 457 g/mol. The summed E-state index contributed by atoms with van der Waals surface area (Å²) < 4.78 is 4.98. The van der Waals surface area contributed by atoms with Crippen molar-refractivity contribution < 1.29 is 23.9 Å². The summed E-state index contributed by atoms with van der Waals surface area (Å²) in [5.74, 6) is -1.71. The third-order valence-corrected chi connectivity index (χ3v) is 6.50. The fourth-order valence-corrected chi connectivity index (χ4v) is 4.86. The van der Waals surface area contributed by atoms with E-state index in [1.54, 1.807) is 12.1 Å². The smallest absolute Gasteiger partial charge is 0.326 e. The molecule has 1 saturated carbocycles. The van der Waals surface area contributed by atoms with Crippen LogP contribution in [0.25, 0.3) is 0 Å². The first kappa shape index (κ1) is 24.3. The van der Waals surface area contributed by atoms with Crippen LogP contribution in [0.1, 0.15) is 56.9 Å². The maximum Gasteiger partial charge on any atom is 0.326 e. The highest BCUT2D eigenvalue weighted by Crippen LogP contribution is 2.35. The lowest BCUT2D eigenvalue weighted by Crippen LogP contribution is -2.44. The lowest BCUT2D eigenvalue weighted by atomic mass is 9.94. The van der Waals surface area contributed by atoms with Crippen LogP contribution in [-0.4, -0.2) is 54.0 Å². The highest BCUT2D eigenvalue weighted by molar-refractivity contribution is 6.35. The molecule has 10 heteroatoms. The van der Waals surface area contributed by atoms with Gasteiger partial charge in [-0.3, -0.25) is 19.3 Å². The summed E-state index contributed by atoms with van der Waals surface area (Å²) >= 11 is 12.3. The first-order chi connectivity index (χ1) is 15.3. The summed E-state index contributed by atoms with van der Waals surface area (Å²) in [4.78, 5) is 49.9. The van der Waals surface area contributed by atoms with Gasteiger partial charge in [0.15, 0.2) is 6.61 Å². The van der Waals surface area contributed by atoms with Crippen LogP contribution in [0.2, 0.25) is 10.0 Å². The number of hydrogen-bond acceptors (Lipinski definition) is 5. The normalized spacial score (nSPS) is 18.0. The van der Waals surface area contributed by atoms with E-state index in [0.29, 0.717) is 29.4 Å². The SMILES string of the molecule is CCCC(CNC(=O)COC(=O)CN1C(=O)NC2(CCCC2)C1=O)c1ccc(Cl)cc1Cl. The molecule has 1 aliphatic carbocycles. The molecule has 1 aliphatic heterocycles. The summed E-state index contributed by atoms with van der Waals surface area (Å²) in [6, 6.07) is 4.66. The molecule has 1 aromatic rings. The summed E-state index contributed by atoms with van der Waals surface area (Å²) in [6.45, 7) is 1.34. The molecule has 0 bridgehead atoms. The second kappa shape index (κ2) is 10.5.